The van der Waals surface area contributed by atoms with Crippen LogP contribution in [0.5, 0.6) is 0 Å². The molecule has 0 unspecified atom stereocenters. The number of carbonyl (C=O) groups excluding carboxylic acids is 3. The van der Waals surface area contributed by atoms with Crippen molar-refractivity contribution in [2.75, 3.05) is 19.8 Å². The molecule has 3 rings (SSSR count). The molecule has 33 heteroatoms. The summed E-state index contributed by atoms with van der Waals surface area (Å²) in [6.07, 6.45) is -9.62. The van der Waals surface area contributed by atoms with Gasteiger partial charge in [-0.2, -0.15) is 0 Å². The van der Waals surface area contributed by atoms with Crippen molar-refractivity contribution in [3.05, 3.63) is 34.6 Å². The summed E-state index contributed by atoms with van der Waals surface area (Å²) in [4.78, 5) is 83.5. The molecule has 15 N–H and O–H groups in total. The first-order valence-electron chi connectivity index (χ1n) is 11.8. The Kier molecular flexibility index (Phi) is 24.7. The summed E-state index contributed by atoms with van der Waals surface area (Å²) in [6, 6.07) is 0. The van der Waals surface area contributed by atoms with Gasteiger partial charge in [-0.05, 0) is 0 Å². The van der Waals surface area contributed by atoms with Crippen molar-refractivity contribution in [1.29, 1.82) is 0 Å². The third-order valence-corrected chi connectivity index (χ3v) is 6.27. The summed E-state index contributed by atoms with van der Waals surface area (Å²) >= 11 is 0. The van der Waals surface area contributed by atoms with Crippen LogP contribution in [-0.4, -0.2) is 238 Å². The van der Waals surface area contributed by atoms with E-state index < -0.39 is 132 Å². The van der Waals surface area contributed by atoms with E-state index in [0.717, 1.165) is 0 Å². The molecular formula is C18H30Na3O27P3. The molecule has 282 valence electrons. The van der Waals surface area contributed by atoms with Crippen LogP contribution in [0.3, 0.4) is 0 Å². The fourth-order valence-electron chi connectivity index (χ4n) is 3.05. The molecule has 27 nitrogen and oxygen atoms in total. The molecule has 0 spiro atoms. The van der Waals surface area contributed by atoms with Crippen LogP contribution in [-0.2, 0) is 55.9 Å². The number of rotatable bonds is 12. The second-order valence-electron chi connectivity index (χ2n) is 8.62. The Morgan fingerprint density at radius 3 is 0.804 bits per heavy atom. The van der Waals surface area contributed by atoms with Crippen molar-refractivity contribution in [3.8, 4) is 0 Å². The number of aliphatic hydroxyl groups excluding tert-OH is 9. The van der Waals surface area contributed by atoms with Crippen LogP contribution in [0.1, 0.15) is 0 Å². The molecule has 3 aliphatic heterocycles. The van der Waals surface area contributed by atoms with Crippen LogP contribution < -0.4 is 0 Å². The normalized spacial score (nSPS) is 21.9. The van der Waals surface area contributed by atoms with Crippen LogP contribution in [0.25, 0.3) is 0 Å². The van der Waals surface area contributed by atoms with Gasteiger partial charge in [0.05, 0.1) is 19.8 Å². The Hall–Kier alpha value is -0.360. The summed E-state index contributed by atoms with van der Waals surface area (Å²) in [5, 5.41) is 80.8. The molecule has 0 radical (unpaired) electrons. The number of carbonyl (C=O) groups is 3. The van der Waals surface area contributed by atoms with E-state index in [0.29, 0.717) is 0 Å². The fourth-order valence-corrected chi connectivity index (χ4v) is 4.27. The molecule has 0 aliphatic carbocycles. The quantitative estimate of drug-likeness (QED) is 0.0375. The zero-order valence-electron chi connectivity index (χ0n) is 23.0. The Bertz CT molecular complexity index is 1290. The molecular weight excluding hydrogens is 810 g/mol. The molecule has 0 amide bonds. The van der Waals surface area contributed by atoms with Gasteiger partial charge in [0.25, 0.3) is 17.3 Å². The van der Waals surface area contributed by atoms with Gasteiger partial charge in [0, 0.05) is 0 Å². The Labute approximate surface area is 349 Å². The number of esters is 3. The molecule has 0 aromatic carbocycles. The second kappa shape index (κ2) is 22.9. The van der Waals surface area contributed by atoms with E-state index in [9.17, 15) is 43.4 Å². The van der Waals surface area contributed by atoms with Gasteiger partial charge in [-0.1, -0.05) is 0 Å². The van der Waals surface area contributed by atoms with E-state index in [1.165, 1.54) is 0 Å². The van der Waals surface area contributed by atoms with Gasteiger partial charge in [0.15, 0.2) is 35.6 Å². The predicted molar refractivity (Wildman–Crippen MR) is 159 cm³/mol. The Morgan fingerprint density at radius 2 is 0.667 bits per heavy atom. The number of cyclic esters (lactones) is 3. The standard InChI is InChI=1S/3C6H9O9P.3Na.3H/c3*7-1-2(8)4-3(9)5(6(10)14-4)15-16(11,12)13;;;;;;/h3*2,4,7-9H,1H2,(H2,11,12,13);;;;;;/t3*2-,4+;;;;;;/m000....../s1. The van der Waals surface area contributed by atoms with Crippen molar-refractivity contribution in [3.63, 3.8) is 0 Å². The Morgan fingerprint density at radius 1 is 0.490 bits per heavy atom. The molecule has 51 heavy (non-hydrogen) atoms. The van der Waals surface area contributed by atoms with Gasteiger partial charge >= 0.3 is 130 Å². The molecule has 0 aromatic heterocycles. The van der Waals surface area contributed by atoms with E-state index in [-0.39, 0.29) is 88.7 Å². The summed E-state index contributed by atoms with van der Waals surface area (Å²) in [7, 11) is -15.1. The maximum atomic E-state index is 11.0. The molecule has 0 bridgehead atoms. The van der Waals surface area contributed by atoms with Crippen LogP contribution >= 0.6 is 23.5 Å². The van der Waals surface area contributed by atoms with Crippen LogP contribution in [0, 0.1) is 0 Å². The summed E-state index contributed by atoms with van der Waals surface area (Å²) in [5.74, 6) is -10.2. The molecule has 0 saturated heterocycles. The zero-order valence-corrected chi connectivity index (χ0v) is 25.7. The van der Waals surface area contributed by atoms with Gasteiger partial charge in [-0.3, -0.25) is 29.4 Å². The fraction of sp³-hybridized carbons (Fsp3) is 0.500. The van der Waals surface area contributed by atoms with Gasteiger partial charge in [-0.25, -0.2) is 28.1 Å². The van der Waals surface area contributed by atoms with Gasteiger partial charge in [0.1, 0.15) is 18.3 Å². The summed E-state index contributed by atoms with van der Waals surface area (Å²) in [6.45, 7) is -2.44. The third-order valence-electron chi connectivity index (χ3n) is 5.00. The molecule has 0 saturated carbocycles. The summed E-state index contributed by atoms with van der Waals surface area (Å²) < 4.78 is 56.0. The van der Waals surface area contributed by atoms with Crippen molar-refractivity contribution in [2.24, 2.45) is 0 Å². The van der Waals surface area contributed by atoms with E-state index in [4.69, 9.17) is 60.0 Å². The molecule has 3 aliphatic rings. The predicted octanol–water partition coefficient (Wildman–Crippen LogP) is -7.51. The molecule has 0 aromatic rings. The SMILES string of the molecule is O=C1O[C@H]([C@@H](O)CO)C(O)=C1OP(=O)(O)O.O=C1O[C@H]([C@@H](O)CO)C(O)=C1OP(=O)(O)O.O=C1O[C@H]([C@@H](O)CO)C(O)=C1OP(=O)(O)O.[NaH].[NaH].[NaH]. The minimum absolute atomic E-state index is 0. The number of ether oxygens (including phenoxy) is 3. The van der Waals surface area contributed by atoms with Gasteiger partial charge < -0.3 is 73.7 Å². The van der Waals surface area contributed by atoms with Crippen LogP contribution in [0.2, 0.25) is 0 Å². The number of aliphatic hydroxyl groups is 9. The van der Waals surface area contributed by atoms with Gasteiger partial charge in [0.2, 0.25) is 0 Å². The van der Waals surface area contributed by atoms with E-state index in [1.807, 2.05) is 0 Å². The first kappa shape index (κ1) is 55.0. The third kappa shape index (κ3) is 17.3. The average molecular weight is 840 g/mol. The van der Waals surface area contributed by atoms with Crippen molar-refractivity contribution < 1.29 is 131 Å². The van der Waals surface area contributed by atoms with Crippen molar-refractivity contribution in [2.45, 2.75) is 36.6 Å². The second-order valence-corrected chi connectivity index (χ2v) is 12.1. The number of hydrogen-bond acceptors (Lipinski definition) is 21. The van der Waals surface area contributed by atoms with Crippen LogP contribution in [0.15, 0.2) is 34.6 Å². The van der Waals surface area contributed by atoms with Crippen molar-refractivity contribution in [1.82, 2.24) is 0 Å². The average Bonchev–Trinajstić information content (AvgIpc) is 3.51. The first-order valence-corrected chi connectivity index (χ1v) is 16.4. The maximum absolute atomic E-state index is 11.0. The Balaban J connectivity index is -0.000000658. The van der Waals surface area contributed by atoms with Crippen molar-refractivity contribution >= 4 is 130 Å². The number of hydrogen-bond donors (Lipinski definition) is 15. The van der Waals surface area contributed by atoms with E-state index >= 15 is 0 Å². The molecule has 0 fully saturated rings. The zero-order chi connectivity index (χ0) is 37.5. The first-order chi connectivity index (χ1) is 21.8. The topological polar surface area (TPSA) is 461 Å². The van der Waals surface area contributed by atoms with E-state index in [1.54, 1.807) is 0 Å². The number of phosphoric ester groups is 3. The summed E-state index contributed by atoms with van der Waals surface area (Å²) in [5.41, 5.74) is 0. The molecule has 6 atom stereocenters. The van der Waals surface area contributed by atoms with E-state index in [2.05, 4.69) is 27.8 Å². The minimum atomic E-state index is -5.02. The monoisotopic (exact) mass is 840 g/mol. The van der Waals surface area contributed by atoms with Crippen LogP contribution in [0.4, 0.5) is 0 Å². The molecule has 3 heterocycles. The number of phosphoric acid groups is 3. The van der Waals surface area contributed by atoms with Gasteiger partial charge in [-0.15, -0.1) is 0 Å².